The average molecular weight is 350 g/mol. The molecule has 0 heterocycles. The van der Waals surface area contributed by atoms with Crippen LogP contribution in [0.5, 0.6) is 0 Å². The van der Waals surface area contributed by atoms with E-state index < -0.39 is 5.82 Å². The van der Waals surface area contributed by atoms with Gasteiger partial charge in [0.25, 0.3) is 5.91 Å². The van der Waals surface area contributed by atoms with E-state index in [1.165, 1.54) is 12.1 Å². The molecule has 110 valence electrons. The van der Waals surface area contributed by atoms with Crippen LogP contribution in [0.15, 0.2) is 53.0 Å². The monoisotopic (exact) mass is 349 g/mol. The van der Waals surface area contributed by atoms with Gasteiger partial charge >= 0.3 is 0 Å². The predicted octanol–water partition coefficient (Wildman–Crippen LogP) is 4.86. The summed E-state index contributed by atoms with van der Waals surface area (Å²) in [6, 6.07) is 13.8. The van der Waals surface area contributed by atoms with Crippen LogP contribution in [0.25, 0.3) is 0 Å². The largest absolute Gasteiger partial charge is 0.345 e. The summed E-state index contributed by atoms with van der Waals surface area (Å²) >= 11 is 3.29. The second-order valence-electron chi connectivity index (χ2n) is 4.85. The molecule has 4 heteroatoms. The molecule has 1 amide bonds. The minimum Gasteiger partial charge on any atom is -0.345 e. The molecule has 0 aliphatic carbocycles. The number of hydrogen-bond donors (Lipinski definition) is 1. The molecule has 2 rings (SSSR count). The van der Waals surface area contributed by atoms with Gasteiger partial charge in [0.2, 0.25) is 0 Å². The summed E-state index contributed by atoms with van der Waals surface area (Å²) < 4.78 is 13.9. The van der Waals surface area contributed by atoms with Crippen LogP contribution in [-0.4, -0.2) is 5.91 Å². The van der Waals surface area contributed by atoms with Gasteiger partial charge in [0.15, 0.2) is 0 Å². The Kier molecular flexibility index (Phi) is 5.51. The van der Waals surface area contributed by atoms with Crippen molar-refractivity contribution in [1.82, 2.24) is 5.32 Å². The molecule has 0 aliphatic rings. The fourth-order valence-electron chi connectivity index (χ4n) is 2.20. The number of hydrogen-bond acceptors (Lipinski definition) is 1. The summed E-state index contributed by atoms with van der Waals surface area (Å²) in [5, 5.41) is 2.98. The van der Waals surface area contributed by atoms with Gasteiger partial charge in [-0.2, -0.15) is 0 Å². The van der Waals surface area contributed by atoms with E-state index in [1.54, 1.807) is 6.07 Å². The van der Waals surface area contributed by atoms with E-state index in [4.69, 9.17) is 0 Å². The van der Waals surface area contributed by atoms with Crippen LogP contribution in [-0.2, 0) is 0 Å². The van der Waals surface area contributed by atoms with Crippen LogP contribution >= 0.6 is 15.9 Å². The lowest BCUT2D eigenvalue weighted by molar-refractivity contribution is 0.0933. The van der Waals surface area contributed by atoms with E-state index in [9.17, 15) is 9.18 Å². The molecule has 0 spiro atoms. The Morgan fingerprint density at radius 1 is 1.24 bits per heavy atom. The van der Waals surface area contributed by atoms with Crippen LogP contribution in [0.4, 0.5) is 4.39 Å². The highest BCUT2D eigenvalue weighted by atomic mass is 79.9. The lowest BCUT2D eigenvalue weighted by Crippen LogP contribution is -2.28. The molecule has 0 aromatic heterocycles. The Hall–Kier alpha value is -1.68. The van der Waals surface area contributed by atoms with Crippen molar-refractivity contribution in [2.75, 3.05) is 0 Å². The number of nitrogens with one attached hydrogen (secondary N) is 1. The van der Waals surface area contributed by atoms with E-state index in [2.05, 4.69) is 28.2 Å². The number of amides is 1. The van der Waals surface area contributed by atoms with Crippen molar-refractivity contribution >= 4 is 21.8 Å². The van der Waals surface area contributed by atoms with Crippen LogP contribution in [0, 0.1) is 5.82 Å². The third-order valence-corrected chi connectivity index (χ3v) is 3.95. The minimum atomic E-state index is -0.421. The Labute approximate surface area is 132 Å². The maximum atomic E-state index is 13.3. The van der Waals surface area contributed by atoms with E-state index in [1.807, 2.05) is 30.3 Å². The van der Waals surface area contributed by atoms with Gasteiger partial charge in [-0.1, -0.05) is 43.7 Å². The zero-order valence-electron chi connectivity index (χ0n) is 11.8. The van der Waals surface area contributed by atoms with Gasteiger partial charge in [-0.05, 0) is 46.1 Å². The molecule has 0 saturated heterocycles. The Balaban J connectivity index is 2.20. The van der Waals surface area contributed by atoms with E-state index in [0.717, 1.165) is 18.4 Å². The Bertz CT molecular complexity index is 615. The highest BCUT2D eigenvalue weighted by molar-refractivity contribution is 9.10. The van der Waals surface area contributed by atoms with Crippen LogP contribution < -0.4 is 5.32 Å². The topological polar surface area (TPSA) is 29.1 Å². The number of carbonyl (C=O) groups is 1. The second-order valence-corrected chi connectivity index (χ2v) is 5.70. The van der Waals surface area contributed by atoms with Gasteiger partial charge in [0, 0.05) is 4.47 Å². The summed E-state index contributed by atoms with van der Waals surface area (Å²) in [6.45, 7) is 2.07. The highest BCUT2D eigenvalue weighted by Gasteiger charge is 2.17. The Morgan fingerprint density at radius 2 is 1.95 bits per heavy atom. The quantitative estimate of drug-likeness (QED) is 0.820. The first kappa shape index (κ1) is 15.7. The highest BCUT2D eigenvalue weighted by Crippen LogP contribution is 2.22. The van der Waals surface area contributed by atoms with Gasteiger partial charge in [0.1, 0.15) is 5.82 Å². The molecule has 1 atom stereocenters. The summed E-state index contributed by atoms with van der Waals surface area (Å²) in [7, 11) is 0. The van der Waals surface area contributed by atoms with E-state index >= 15 is 0 Å². The molecule has 1 unspecified atom stereocenters. The maximum absolute atomic E-state index is 13.3. The number of halogens is 2. The van der Waals surface area contributed by atoms with Gasteiger partial charge in [-0.3, -0.25) is 4.79 Å². The molecule has 0 fully saturated rings. The summed E-state index contributed by atoms with van der Waals surface area (Å²) in [5.74, 6) is -0.696. The lowest BCUT2D eigenvalue weighted by Gasteiger charge is -2.19. The van der Waals surface area contributed by atoms with Crippen LogP contribution in [0.3, 0.4) is 0 Å². The molecular formula is C17H17BrFNO. The van der Waals surface area contributed by atoms with Gasteiger partial charge in [-0.15, -0.1) is 0 Å². The fourth-order valence-corrected chi connectivity index (χ4v) is 2.63. The SMILES string of the molecule is CCCC(NC(=O)c1cc(F)ccc1Br)c1ccccc1. The molecule has 0 bridgehead atoms. The Morgan fingerprint density at radius 3 is 2.62 bits per heavy atom. The average Bonchev–Trinajstić information content (AvgIpc) is 2.50. The van der Waals surface area contributed by atoms with E-state index in [-0.39, 0.29) is 11.9 Å². The molecule has 2 nitrogen and oxygen atoms in total. The van der Waals surface area contributed by atoms with Gasteiger partial charge in [0.05, 0.1) is 11.6 Å². The molecule has 0 saturated carbocycles. The molecule has 0 aliphatic heterocycles. The van der Waals surface area contributed by atoms with Crippen LogP contribution in [0.2, 0.25) is 0 Å². The standard InChI is InChI=1S/C17H17BrFNO/c1-2-6-16(12-7-4-3-5-8-12)20-17(21)14-11-13(19)9-10-15(14)18/h3-5,7-11,16H,2,6H2,1H3,(H,20,21). The van der Waals surface area contributed by atoms with Gasteiger partial charge in [-0.25, -0.2) is 4.39 Å². The molecule has 0 radical (unpaired) electrons. The lowest BCUT2D eigenvalue weighted by atomic mass is 10.0. The summed E-state index contributed by atoms with van der Waals surface area (Å²) in [6.07, 6.45) is 1.78. The number of carbonyl (C=O) groups excluding carboxylic acids is 1. The normalized spacial score (nSPS) is 12.0. The first-order valence-corrected chi connectivity index (χ1v) is 7.72. The zero-order valence-corrected chi connectivity index (χ0v) is 13.4. The molecule has 1 N–H and O–H groups in total. The van der Waals surface area contributed by atoms with Crippen molar-refractivity contribution < 1.29 is 9.18 Å². The molecule has 21 heavy (non-hydrogen) atoms. The first-order valence-electron chi connectivity index (χ1n) is 6.92. The third-order valence-electron chi connectivity index (χ3n) is 3.26. The minimum absolute atomic E-state index is 0.0705. The van der Waals surface area contributed by atoms with Crippen molar-refractivity contribution in [3.63, 3.8) is 0 Å². The maximum Gasteiger partial charge on any atom is 0.253 e. The van der Waals surface area contributed by atoms with Gasteiger partial charge < -0.3 is 5.32 Å². The smallest absolute Gasteiger partial charge is 0.253 e. The van der Waals surface area contributed by atoms with Crippen molar-refractivity contribution in [2.45, 2.75) is 25.8 Å². The van der Waals surface area contributed by atoms with Crippen molar-refractivity contribution in [2.24, 2.45) is 0 Å². The van der Waals surface area contributed by atoms with Crippen molar-refractivity contribution in [3.05, 3.63) is 69.9 Å². The third kappa shape index (κ3) is 4.14. The zero-order chi connectivity index (χ0) is 15.2. The summed E-state index contributed by atoms with van der Waals surface area (Å²) in [4.78, 5) is 12.4. The van der Waals surface area contributed by atoms with Crippen molar-refractivity contribution in [3.8, 4) is 0 Å². The molecule has 2 aromatic carbocycles. The first-order chi connectivity index (χ1) is 10.1. The van der Waals surface area contributed by atoms with E-state index in [0.29, 0.717) is 10.0 Å². The van der Waals surface area contributed by atoms with Crippen LogP contribution in [0.1, 0.15) is 41.7 Å². The second kappa shape index (κ2) is 7.36. The summed E-state index contributed by atoms with van der Waals surface area (Å²) in [5.41, 5.74) is 1.37. The predicted molar refractivity (Wildman–Crippen MR) is 85.7 cm³/mol. The molecular weight excluding hydrogens is 333 g/mol. The number of benzene rings is 2. The molecule has 2 aromatic rings. The fraction of sp³-hybridized carbons (Fsp3) is 0.235. The van der Waals surface area contributed by atoms with Crippen molar-refractivity contribution in [1.29, 1.82) is 0 Å². The number of rotatable bonds is 5.